The van der Waals surface area contributed by atoms with Crippen molar-refractivity contribution in [1.29, 1.82) is 0 Å². The number of hydrogen-bond donors (Lipinski definition) is 3. The number of carbonyl (C=O) groups is 1. The number of amides is 1. The molecule has 0 unspecified atom stereocenters. The van der Waals surface area contributed by atoms with E-state index in [2.05, 4.69) is 10.3 Å². The summed E-state index contributed by atoms with van der Waals surface area (Å²) in [5, 5.41) is 11.2. The standard InChI is InChI=1S/C15H16N2O3/c1-10-12(11-5-3-2-4-6-11)9-13(15(20)17-10)14(19)16-7-8-18/h2-6,9,18H,7-8H2,1H3,(H,16,19)(H,17,20). The summed E-state index contributed by atoms with van der Waals surface area (Å²) in [6.45, 7) is 1.74. The molecule has 3 N–H and O–H groups in total. The number of aliphatic hydroxyl groups excluding tert-OH is 1. The monoisotopic (exact) mass is 272 g/mol. The predicted molar refractivity (Wildman–Crippen MR) is 76.7 cm³/mol. The van der Waals surface area contributed by atoms with Crippen LogP contribution in [0.5, 0.6) is 0 Å². The SMILES string of the molecule is Cc1[nH]c(=O)c(C(=O)NCCO)cc1-c1ccccc1. The third kappa shape index (κ3) is 2.95. The van der Waals surface area contributed by atoms with Crippen LogP contribution < -0.4 is 10.9 Å². The molecule has 0 atom stereocenters. The summed E-state index contributed by atoms with van der Waals surface area (Å²) in [6.07, 6.45) is 0. The van der Waals surface area contributed by atoms with Gasteiger partial charge >= 0.3 is 0 Å². The number of aryl methyl sites for hydroxylation is 1. The Morgan fingerprint density at radius 1 is 1.30 bits per heavy atom. The van der Waals surface area contributed by atoms with E-state index in [0.717, 1.165) is 11.1 Å². The van der Waals surface area contributed by atoms with E-state index in [-0.39, 0.29) is 18.7 Å². The third-order valence-corrected chi connectivity index (χ3v) is 2.97. The zero-order valence-corrected chi connectivity index (χ0v) is 11.1. The Bertz CT molecular complexity index is 663. The summed E-state index contributed by atoms with van der Waals surface area (Å²) in [7, 11) is 0. The second-order valence-corrected chi connectivity index (χ2v) is 4.40. The summed E-state index contributed by atoms with van der Waals surface area (Å²) in [6, 6.07) is 11.1. The summed E-state index contributed by atoms with van der Waals surface area (Å²) >= 11 is 0. The van der Waals surface area contributed by atoms with E-state index >= 15 is 0 Å². The minimum Gasteiger partial charge on any atom is -0.395 e. The number of pyridine rings is 1. The molecule has 0 aliphatic carbocycles. The van der Waals surface area contributed by atoms with E-state index in [1.807, 2.05) is 30.3 Å². The molecule has 20 heavy (non-hydrogen) atoms. The van der Waals surface area contributed by atoms with Gasteiger partial charge in [-0.25, -0.2) is 0 Å². The second-order valence-electron chi connectivity index (χ2n) is 4.40. The van der Waals surface area contributed by atoms with Crippen LogP contribution >= 0.6 is 0 Å². The number of aromatic nitrogens is 1. The van der Waals surface area contributed by atoms with Gasteiger partial charge in [-0.3, -0.25) is 9.59 Å². The number of aromatic amines is 1. The highest BCUT2D eigenvalue weighted by molar-refractivity contribution is 5.95. The van der Waals surface area contributed by atoms with Gasteiger partial charge in [0.2, 0.25) is 0 Å². The number of hydrogen-bond acceptors (Lipinski definition) is 3. The van der Waals surface area contributed by atoms with Crippen LogP contribution in [-0.2, 0) is 0 Å². The molecule has 0 saturated carbocycles. The molecule has 0 spiro atoms. The highest BCUT2D eigenvalue weighted by Crippen LogP contribution is 2.21. The van der Waals surface area contributed by atoms with Crippen LogP contribution in [0.25, 0.3) is 11.1 Å². The van der Waals surface area contributed by atoms with Crippen molar-refractivity contribution < 1.29 is 9.90 Å². The fraction of sp³-hybridized carbons (Fsp3) is 0.200. The average Bonchev–Trinajstić information content (AvgIpc) is 2.46. The molecule has 1 aromatic heterocycles. The van der Waals surface area contributed by atoms with Crippen LogP contribution in [0.2, 0.25) is 0 Å². The van der Waals surface area contributed by atoms with Crippen LogP contribution in [-0.4, -0.2) is 29.1 Å². The molecular weight excluding hydrogens is 256 g/mol. The lowest BCUT2D eigenvalue weighted by Gasteiger charge is -2.09. The number of H-pyrrole nitrogens is 1. The number of nitrogens with one attached hydrogen (secondary N) is 2. The molecule has 2 rings (SSSR count). The highest BCUT2D eigenvalue weighted by Gasteiger charge is 2.13. The molecule has 0 aliphatic heterocycles. The van der Waals surface area contributed by atoms with Crippen LogP contribution in [0.3, 0.4) is 0 Å². The molecule has 0 bridgehead atoms. The molecule has 0 saturated heterocycles. The van der Waals surface area contributed by atoms with E-state index in [4.69, 9.17) is 5.11 Å². The zero-order valence-electron chi connectivity index (χ0n) is 11.1. The molecule has 5 nitrogen and oxygen atoms in total. The van der Waals surface area contributed by atoms with Gasteiger partial charge in [-0.1, -0.05) is 30.3 Å². The van der Waals surface area contributed by atoms with Crippen molar-refractivity contribution in [3.05, 3.63) is 58.0 Å². The number of rotatable bonds is 4. The van der Waals surface area contributed by atoms with E-state index in [1.165, 1.54) is 0 Å². The fourth-order valence-corrected chi connectivity index (χ4v) is 1.97. The minimum absolute atomic E-state index is 0.0444. The maximum atomic E-state index is 11.9. The van der Waals surface area contributed by atoms with Gasteiger partial charge < -0.3 is 15.4 Å². The van der Waals surface area contributed by atoms with Gasteiger partial charge in [0.25, 0.3) is 11.5 Å². The number of aliphatic hydroxyl groups is 1. The third-order valence-electron chi connectivity index (χ3n) is 2.97. The van der Waals surface area contributed by atoms with Gasteiger partial charge in [0, 0.05) is 17.8 Å². The topological polar surface area (TPSA) is 82.2 Å². The number of benzene rings is 1. The predicted octanol–water partition coefficient (Wildman–Crippen LogP) is 1.07. The van der Waals surface area contributed by atoms with Crippen LogP contribution in [0.1, 0.15) is 16.1 Å². The van der Waals surface area contributed by atoms with Crippen molar-refractivity contribution in [1.82, 2.24) is 10.3 Å². The lowest BCUT2D eigenvalue weighted by Crippen LogP contribution is -2.31. The summed E-state index contributed by atoms with van der Waals surface area (Å²) in [5.74, 6) is -0.488. The van der Waals surface area contributed by atoms with Gasteiger partial charge in [0.15, 0.2) is 0 Å². The van der Waals surface area contributed by atoms with E-state index in [9.17, 15) is 9.59 Å². The quantitative estimate of drug-likeness (QED) is 0.778. The molecule has 0 radical (unpaired) electrons. The second kappa shape index (κ2) is 6.16. The normalized spacial score (nSPS) is 10.3. The Labute approximate surface area is 116 Å². The first-order valence-electron chi connectivity index (χ1n) is 6.32. The molecule has 1 heterocycles. The number of carbonyl (C=O) groups excluding carboxylic acids is 1. The van der Waals surface area contributed by atoms with E-state index in [1.54, 1.807) is 13.0 Å². The Morgan fingerprint density at radius 2 is 2.00 bits per heavy atom. The summed E-state index contributed by atoms with van der Waals surface area (Å²) < 4.78 is 0. The van der Waals surface area contributed by atoms with Crippen LogP contribution in [0, 0.1) is 6.92 Å². The first kappa shape index (κ1) is 14.0. The first-order chi connectivity index (χ1) is 9.63. The lowest BCUT2D eigenvalue weighted by molar-refractivity contribution is 0.0943. The first-order valence-corrected chi connectivity index (χ1v) is 6.32. The Morgan fingerprint density at radius 3 is 2.65 bits per heavy atom. The zero-order chi connectivity index (χ0) is 14.5. The summed E-state index contributed by atoms with van der Waals surface area (Å²) in [4.78, 5) is 26.4. The Balaban J connectivity index is 2.45. The smallest absolute Gasteiger partial charge is 0.261 e. The molecule has 1 aromatic carbocycles. The fourth-order valence-electron chi connectivity index (χ4n) is 1.97. The molecule has 1 amide bonds. The van der Waals surface area contributed by atoms with E-state index < -0.39 is 11.5 Å². The largest absolute Gasteiger partial charge is 0.395 e. The Kier molecular flexibility index (Phi) is 4.32. The minimum atomic E-state index is -0.488. The van der Waals surface area contributed by atoms with Crippen molar-refractivity contribution >= 4 is 5.91 Å². The molecule has 104 valence electrons. The van der Waals surface area contributed by atoms with Gasteiger partial charge in [0.05, 0.1) is 6.61 Å². The van der Waals surface area contributed by atoms with Crippen molar-refractivity contribution in [3.63, 3.8) is 0 Å². The van der Waals surface area contributed by atoms with Crippen LogP contribution in [0.15, 0.2) is 41.2 Å². The lowest BCUT2D eigenvalue weighted by atomic mass is 10.0. The molecule has 5 heteroatoms. The van der Waals surface area contributed by atoms with Gasteiger partial charge in [-0.05, 0) is 18.6 Å². The van der Waals surface area contributed by atoms with Crippen LogP contribution in [0.4, 0.5) is 0 Å². The Hall–Kier alpha value is -2.40. The molecule has 0 fully saturated rings. The van der Waals surface area contributed by atoms with Crippen molar-refractivity contribution in [2.24, 2.45) is 0 Å². The van der Waals surface area contributed by atoms with Gasteiger partial charge in [-0.2, -0.15) is 0 Å². The molecular formula is C15H16N2O3. The summed E-state index contributed by atoms with van der Waals surface area (Å²) in [5.41, 5.74) is 2.05. The van der Waals surface area contributed by atoms with Gasteiger partial charge in [0.1, 0.15) is 5.56 Å². The molecule has 0 aliphatic rings. The average molecular weight is 272 g/mol. The maximum Gasteiger partial charge on any atom is 0.261 e. The highest BCUT2D eigenvalue weighted by atomic mass is 16.3. The molecule has 2 aromatic rings. The maximum absolute atomic E-state index is 11.9. The van der Waals surface area contributed by atoms with Gasteiger partial charge in [-0.15, -0.1) is 0 Å². The van der Waals surface area contributed by atoms with E-state index in [0.29, 0.717) is 5.69 Å². The van der Waals surface area contributed by atoms with Crippen molar-refractivity contribution in [2.75, 3.05) is 13.2 Å². The van der Waals surface area contributed by atoms with Crippen molar-refractivity contribution in [2.45, 2.75) is 6.92 Å². The van der Waals surface area contributed by atoms with Crippen molar-refractivity contribution in [3.8, 4) is 11.1 Å².